The van der Waals surface area contributed by atoms with Gasteiger partial charge in [-0.05, 0) is 31.5 Å². The normalized spacial score (nSPS) is 18.7. The molecule has 0 aromatic heterocycles. The largest absolute Gasteiger partial charge is 0.340 e. The molecule has 1 aromatic rings. The Morgan fingerprint density at radius 2 is 2.10 bits per heavy atom. The first-order valence-corrected chi connectivity index (χ1v) is 7.93. The van der Waals surface area contributed by atoms with Crippen LogP contribution >= 0.6 is 0 Å². The van der Waals surface area contributed by atoms with Crippen LogP contribution in [-0.4, -0.2) is 55.0 Å². The van der Waals surface area contributed by atoms with Crippen LogP contribution in [0.25, 0.3) is 0 Å². The third-order valence-corrected chi connectivity index (χ3v) is 4.22. The van der Waals surface area contributed by atoms with Gasteiger partial charge in [0.2, 0.25) is 5.91 Å². The van der Waals surface area contributed by atoms with Crippen LogP contribution in [-0.2, 0) is 11.3 Å². The van der Waals surface area contributed by atoms with Crippen LogP contribution in [0.4, 0.5) is 0 Å². The summed E-state index contributed by atoms with van der Waals surface area (Å²) in [6, 6.07) is 10.6. The lowest BCUT2D eigenvalue weighted by atomic mass is 10.1. The maximum absolute atomic E-state index is 12.4. The Morgan fingerprint density at radius 1 is 1.33 bits per heavy atom. The van der Waals surface area contributed by atoms with E-state index in [9.17, 15) is 4.79 Å². The highest BCUT2D eigenvalue weighted by molar-refractivity contribution is 5.78. The van der Waals surface area contributed by atoms with Crippen molar-refractivity contribution in [1.29, 1.82) is 0 Å². The number of likely N-dealkylation sites (N-methyl/N-ethyl adjacent to an activating group) is 2. The van der Waals surface area contributed by atoms with Crippen molar-refractivity contribution in [3.8, 4) is 0 Å². The first kappa shape index (κ1) is 16.0. The molecule has 116 valence electrons. The van der Waals surface area contributed by atoms with Gasteiger partial charge in [-0.2, -0.15) is 0 Å². The minimum Gasteiger partial charge on any atom is -0.340 e. The van der Waals surface area contributed by atoms with E-state index in [2.05, 4.69) is 29.3 Å². The highest BCUT2D eigenvalue weighted by Crippen LogP contribution is 2.11. The number of carbonyl (C=O) groups is 1. The number of amides is 1. The molecule has 1 heterocycles. The predicted molar refractivity (Wildman–Crippen MR) is 86.1 cm³/mol. The predicted octanol–water partition coefficient (Wildman–Crippen LogP) is 1.72. The molecular weight excluding hydrogens is 262 g/mol. The van der Waals surface area contributed by atoms with E-state index in [-0.39, 0.29) is 5.91 Å². The minimum atomic E-state index is 0.200. The van der Waals surface area contributed by atoms with Crippen LogP contribution in [0.2, 0.25) is 0 Å². The van der Waals surface area contributed by atoms with Crippen LogP contribution in [0, 0.1) is 0 Å². The molecule has 1 amide bonds. The number of nitrogens with one attached hydrogen (secondary N) is 1. The fraction of sp³-hybridized carbons (Fsp3) is 0.588. The Morgan fingerprint density at radius 3 is 2.71 bits per heavy atom. The molecule has 4 heteroatoms. The van der Waals surface area contributed by atoms with Crippen molar-refractivity contribution in [1.82, 2.24) is 15.1 Å². The van der Waals surface area contributed by atoms with Crippen molar-refractivity contribution in [2.45, 2.75) is 32.4 Å². The van der Waals surface area contributed by atoms with Gasteiger partial charge < -0.3 is 10.2 Å². The molecule has 1 fully saturated rings. The van der Waals surface area contributed by atoms with Gasteiger partial charge in [-0.15, -0.1) is 0 Å². The Kier molecular flexibility index (Phi) is 6.21. The van der Waals surface area contributed by atoms with Gasteiger partial charge >= 0.3 is 0 Å². The van der Waals surface area contributed by atoms with Gasteiger partial charge in [-0.1, -0.05) is 37.3 Å². The smallest absolute Gasteiger partial charge is 0.236 e. The van der Waals surface area contributed by atoms with E-state index in [0.717, 1.165) is 19.6 Å². The van der Waals surface area contributed by atoms with E-state index >= 15 is 0 Å². The first-order chi connectivity index (χ1) is 10.2. The summed E-state index contributed by atoms with van der Waals surface area (Å²) in [6.07, 6.45) is 2.39. The van der Waals surface area contributed by atoms with E-state index in [1.807, 2.05) is 30.1 Å². The zero-order valence-corrected chi connectivity index (χ0v) is 13.2. The summed E-state index contributed by atoms with van der Waals surface area (Å²) in [4.78, 5) is 16.6. The highest BCUT2D eigenvalue weighted by atomic mass is 16.2. The highest BCUT2D eigenvalue weighted by Gasteiger charge is 2.22. The van der Waals surface area contributed by atoms with Crippen LogP contribution in [0.1, 0.15) is 25.3 Å². The molecular formula is C17H27N3O. The van der Waals surface area contributed by atoms with Crippen molar-refractivity contribution in [2.75, 3.05) is 33.2 Å². The number of carbonyl (C=O) groups excluding carboxylic acids is 1. The molecule has 1 unspecified atom stereocenters. The zero-order chi connectivity index (χ0) is 15.1. The summed E-state index contributed by atoms with van der Waals surface area (Å²) in [5.41, 5.74) is 1.18. The number of nitrogens with zero attached hydrogens (tertiary/aromatic N) is 2. The lowest BCUT2D eigenvalue weighted by Crippen LogP contribution is -2.49. The maximum Gasteiger partial charge on any atom is 0.236 e. The molecule has 0 saturated carbocycles. The summed E-state index contributed by atoms with van der Waals surface area (Å²) in [7, 11) is 1.89. The topological polar surface area (TPSA) is 35.6 Å². The third kappa shape index (κ3) is 4.83. The Balaban J connectivity index is 1.86. The Bertz CT molecular complexity index is 429. The van der Waals surface area contributed by atoms with Gasteiger partial charge in [0.1, 0.15) is 0 Å². The third-order valence-electron chi connectivity index (χ3n) is 4.22. The van der Waals surface area contributed by atoms with Gasteiger partial charge in [-0.3, -0.25) is 9.69 Å². The molecule has 1 atom stereocenters. The number of benzene rings is 1. The van der Waals surface area contributed by atoms with Crippen LogP contribution in [0.3, 0.4) is 0 Å². The number of hydrogen-bond donors (Lipinski definition) is 1. The molecule has 0 bridgehead atoms. The number of piperidine rings is 1. The molecule has 1 aliphatic rings. The fourth-order valence-electron chi connectivity index (χ4n) is 2.88. The first-order valence-electron chi connectivity index (χ1n) is 7.93. The van der Waals surface area contributed by atoms with E-state index in [1.165, 1.54) is 18.4 Å². The Hall–Kier alpha value is -1.39. The summed E-state index contributed by atoms with van der Waals surface area (Å²) in [6.45, 7) is 6.38. The van der Waals surface area contributed by atoms with E-state index in [0.29, 0.717) is 19.1 Å². The molecule has 0 radical (unpaired) electrons. The molecule has 1 aromatic carbocycles. The summed E-state index contributed by atoms with van der Waals surface area (Å²) in [5.74, 6) is 0.200. The van der Waals surface area contributed by atoms with Gasteiger partial charge in [0.05, 0.1) is 6.54 Å². The van der Waals surface area contributed by atoms with Crippen molar-refractivity contribution in [3.63, 3.8) is 0 Å². The molecule has 2 rings (SSSR count). The Labute approximate surface area is 128 Å². The molecule has 4 nitrogen and oxygen atoms in total. The SMILES string of the molecule is CCN(CC(=O)N(C)Cc1ccccc1)C1CCCNC1. The molecule has 0 spiro atoms. The quantitative estimate of drug-likeness (QED) is 0.866. The average Bonchev–Trinajstić information content (AvgIpc) is 2.54. The maximum atomic E-state index is 12.4. The second-order valence-electron chi connectivity index (χ2n) is 5.80. The second-order valence-corrected chi connectivity index (χ2v) is 5.80. The summed E-state index contributed by atoms with van der Waals surface area (Å²) < 4.78 is 0. The van der Waals surface area contributed by atoms with E-state index < -0.39 is 0 Å². The second kappa shape index (κ2) is 8.15. The fourth-order valence-corrected chi connectivity index (χ4v) is 2.88. The van der Waals surface area contributed by atoms with Crippen LogP contribution in [0.15, 0.2) is 30.3 Å². The molecule has 1 saturated heterocycles. The van der Waals surface area contributed by atoms with Gasteiger partial charge in [0.15, 0.2) is 0 Å². The van der Waals surface area contributed by atoms with Gasteiger partial charge in [0.25, 0.3) is 0 Å². The van der Waals surface area contributed by atoms with E-state index in [1.54, 1.807) is 0 Å². The van der Waals surface area contributed by atoms with Crippen molar-refractivity contribution in [2.24, 2.45) is 0 Å². The van der Waals surface area contributed by atoms with Crippen LogP contribution in [0.5, 0.6) is 0 Å². The average molecular weight is 289 g/mol. The zero-order valence-electron chi connectivity index (χ0n) is 13.2. The minimum absolute atomic E-state index is 0.200. The molecule has 1 N–H and O–H groups in total. The number of hydrogen-bond acceptors (Lipinski definition) is 3. The lowest BCUT2D eigenvalue weighted by Gasteiger charge is -2.34. The monoisotopic (exact) mass is 289 g/mol. The molecule has 1 aliphatic heterocycles. The standard InChI is InChI=1S/C17H27N3O/c1-3-20(16-10-7-11-18-12-16)14-17(21)19(2)13-15-8-5-4-6-9-15/h4-6,8-9,16,18H,3,7,10-14H2,1-2H3. The van der Waals surface area contributed by atoms with Gasteiger partial charge in [-0.25, -0.2) is 0 Å². The number of rotatable bonds is 6. The molecule has 0 aliphatic carbocycles. The van der Waals surface area contributed by atoms with Crippen molar-refractivity contribution >= 4 is 5.91 Å². The summed E-state index contributed by atoms with van der Waals surface area (Å²) >= 11 is 0. The summed E-state index contributed by atoms with van der Waals surface area (Å²) in [5, 5.41) is 3.43. The lowest BCUT2D eigenvalue weighted by molar-refractivity contribution is -0.132. The van der Waals surface area contributed by atoms with Gasteiger partial charge in [0, 0.05) is 26.2 Å². The molecule has 21 heavy (non-hydrogen) atoms. The van der Waals surface area contributed by atoms with Crippen LogP contribution < -0.4 is 5.32 Å². The van der Waals surface area contributed by atoms with E-state index in [4.69, 9.17) is 0 Å². The van der Waals surface area contributed by atoms with Crippen molar-refractivity contribution < 1.29 is 4.79 Å². The van der Waals surface area contributed by atoms with Crippen molar-refractivity contribution in [3.05, 3.63) is 35.9 Å².